The molecule has 1 unspecified atom stereocenters. The Morgan fingerprint density at radius 1 is 1.08 bits per heavy atom. The molecule has 0 spiro atoms. The normalized spacial score (nSPS) is 20.3. The van der Waals surface area contributed by atoms with E-state index in [0.29, 0.717) is 12.2 Å². The van der Waals surface area contributed by atoms with Gasteiger partial charge in [0.25, 0.3) is 5.91 Å². The summed E-state index contributed by atoms with van der Waals surface area (Å²) in [5, 5.41) is 8.10. The zero-order chi connectivity index (χ0) is 25.4. The number of nitrogens with zero attached hydrogens (tertiary/aromatic N) is 3. The Morgan fingerprint density at radius 2 is 1.81 bits per heavy atom. The number of hydrogen-bond donors (Lipinski definition) is 1. The third-order valence-electron chi connectivity index (χ3n) is 8.06. The van der Waals surface area contributed by atoms with Gasteiger partial charge < -0.3 is 5.32 Å². The fourth-order valence-electron chi connectivity index (χ4n) is 5.58. The summed E-state index contributed by atoms with van der Waals surface area (Å²) in [6.45, 7) is 8.36. The molecule has 6 heteroatoms. The van der Waals surface area contributed by atoms with Crippen molar-refractivity contribution >= 4 is 17.5 Å². The van der Waals surface area contributed by atoms with E-state index >= 15 is 0 Å². The average molecular weight is 485 g/mol. The third kappa shape index (κ3) is 4.23. The summed E-state index contributed by atoms with van der Waals surface area (Å²) in [6, 6.07) is 16.3. The van der Waals surface area contributed by atoms with Crippen LogP contribution in [0.3, 0.4) is 0 Å². The van der Waals surface area contributed by atoms with Crippen molar-refractivity contribution in [2.75, 3.05) is 4.90 Å². The van der Waals surface area contributed by atoms with Gasteiger partial charge in [0.15, 0.2) is 0 Å². The fourth-order valence-corrected chi connectivity index (χ4v) is 5.58. The Balaban J connectivity index is 1.57. The van der Waals surface area contributed by atoms with Crippen molar-refractivity contribution in [1.29, 1.82) is 0 Å². The number of rotatable bonds is 5. The lowest BCUT2D eigenvalue weighted by Gasteiger charge is -2.44. The first-order valence-electron chi connectivity index (χ1n) is 13.2. The quantitative estimate of drug-likeness (QED) is 0.513. The van der Waals surface area contributed by atoms with Gasteiger partial charge in [-0.2, -0.15) is 5.10 Å². The molecule has 1 aliphatic heterocycles. The van der Waals surface area contributed by atoms with E-state index in [4.69, 9.17) is 5.10 Å². The maximum absolute atomic E-state index is 14.1. The lowest BCUT2D eigenvalue weighted by molar-refractivity contribution is -0.127. The highest BCUT2D eigenvalue weighted by Crippen LogP contribution is 2.37. The highest BCUT2D eigenvalue weighted by atomic mass is 16.2. The van der Waals surface area contributed by atoms with Gasteiger partial charge in [-0.1, -0.05) is 62.6 Å². The predicted octanol–water partition coefficient (Wildman–Crippen LogP) is 5.60. The molecule has 3 aromatic rings. The van der Waals surface area contributed by atoms with Crippen LogP contribution in [0.2, 0.25) is 0 Å². The number of hydrogen-bond acceptors (Lipinski definition) is 3. The minimum absolute atomic E-state index is 0.112. The van der Waals surface area contributed by atoms with Crippen molar-refractivity contribution in [3.8, 4) is 11.3 Å². The molecule has 188 valence electrons. The third-order valence-corrected chi connectivity index (χ3v) is 8.06. The summed E-state index contributed by atoms with van der Waals surface area (Å²) in [5.41, 5.74) is 5.25. The van der Waals surface area contributed by atoms with Crippen molar-refractivity contribution < 1.29 is 9.59 Å². The second-order valence-electron chi connectivity index (χ2n) is 10.6. The molecule has 0 saturated heterocycles. The van der Waals surface area contributed by atoms with Gasteiger partial charge in [-0.3, -0.25) is 19.2 Å². The van der Waals surface area contributed by atoms with Crippen LogP contribution in [0.5, 0.6) is 0 Å². The first-order chi connectivity index (χ1) is 17.3. The van der Waals surface area contributed by atoms with Gasteiger partial charge in [-0.25, -0.2) is 0 Å². The molecule has 5 rings (SSSR count). The van der Waals surface area contributed by atoms with Gasteiger partial charge >= 0.3 is 0 Å². The summed E-state index contributed by atoms with van der Waals surface area (Å²) < 4.78 is 1.73. The number of benzene rings is 2. The van der Waals surface area contributed by atoms with E-state index in [0.717, 1.165) is 60.2 Å². The van der Waals surface area contributed by atoms with Crippen LogP contribution in [-0.2, 0) is 17.8 Å². The summed E-state index contributed by atoms with van der Waals surface area (Å²) in [4.78, 5) is 29.8. The van der Waals surface area contributed by atoms with E-state index in [1.54, 1.807) is 9.58 Å². The molecule has 2 heterocycles. The standard InChI is InChI=1S/C30H36N4O2/c1-5-22-14-16-23(17-15-22)25-18-27-28(35)34(26-13-9-10-20(2)21(26)3)30(4,19-33(27)32-25)29(36)31-24-11-7-6-8-12-24/h9-10,13-18,24H,5-8,11-12,19H2,1-4H3,(H,31,36). The molecule has 1 aliphatic carbocycles. The maximum Gasteiger partial charge on any atom is 0.277 e. The van der Waals surface area contributed by atoms with Gasteiger partial charge in [0.05, 0.1) is 12.2 Å². The molecule has 0 radical (unpaired) electrons. The molecule has 6 nitrogen and oxygen atoms in total. The van der Waals surface area contributed by atoms with E-state index < -0.39 is 5.54 Å². The lowest BCUT2D eigenvalue weighted by atomic mass is 9.90. The van der Waals surface area contributed by atoms with Crippen LogP contribution < -0.4 is 10.2 Å². The van der Waals surface area contributed by atoms with Gasteiger partial charge in [0.2, 0.25) is 5.91 Å². The minimum atomic E-state index is -1.10. The second-order valence-corrected chi connectivity index (χ2v) is 10.6. The Labute approximate surface area is 213 Å². The van der Waals surface area contributed by atoms with Crippen molar-refractivity contribution in [1.82, 2.24) is 15.1 Å². The highest BCUT2D eigenvalue weighted by molar-refractivity contribution is 6.12. The Bertz CT molecular complexity index is 1290. The van der Waals surface area contributed by atoms with Gasteiger partial charge in [-0.05, 0) is 68.9 Å². The number of anilines is 1. The number of fused-ring (bicyclic) bond motifs is 1. The summed E-state index contributed by atoms with van der Waals surface area (Å²) >= 11 is 0. The lowest BCUT2D eigenvalue weighted by Crippen LogP contribution is -2.65. The van der Waals surface area contributed by atoms with Crippen LogP contribution in [0.15, 0.2) is 48.5 Å². The maximum atomic E-state index is 14.1. The zero-order valence-electron chi connectivity index (χ0n) is 21.8. The predicted molar refractivity (Wildman–Crippen MR) is 143 cm³/mol. The van der Waals surface area contributed by atoms with Gasteiger partial charge in [0, 0.05) is 17.3 Å². The van der Waals surface area contributed by atoms with Crippen molar-refractivity contribution in [2.24, 2.45) is 0 Å². The Hall–Kier alpha value is -3.41. The number of aryl methyl sites for hydroxylation is 2. The van der Waals surface area contributed by atoms with Crippen molar-refractivity contribution in [2.45, 2.75) is 84.3 Å². The number of carbonyl (C=O) groups excluding carboxylic acids is 2. The van der Waals surface area contributed by atoms with E-state index in [1.807, 2.05) is 45.0 Å². The molecule has 1 atom stereocenters. The molecular weight excluding hydrogens is 448 g/mol. The molecule has 1 aromatic heterocycles. The van der Waals surface area contributed by atoms with Crippen LogP contribution in [0.4, 0.5) is 5.69 Å². The van der Waals surface area contributed by atoms with E-state index in [2.05, 4.69) is 36.5 Å². The van der Waals surface area contributed by atoms with Crippen LogP contribution in [0.25, 0.3) is 11.3 Å². The van der Waals surface area contributed by atoms with E-state index in [9.17, 15) is 9.59 Å². The number of amides is 2. The second kappa shape index (κ2) is 9.57. The molecule has 36 heavy (non-hydrogen) atoms. The largest absolute Gasteiger partial charge is 0.351 e. The van der Waals surface area contributed by atoms with Crippen LogP contribution >= 0.6 is 0 Å². The minimum Gasteiger partial charge on any atom is -0.351 e. The van der Waals surface area contributed by atoms with Crippen molar-refractivity contribution in [3.05, 3.63) is 70.9 Å². The molecule has 1 saturated carbocycles. The topological polar surface area (TPSA) is 67.2 Å². The van der Waals surface area contributed by atoms with E-state index in [1.165, 1.54) is 12.0 Å². The molecular formula is C30H36N4O2. The fraction of sp³-hybridized carbons (Fsp3) is 0.433. The molecule has 1 fully saturated rings. The summed E-state index contributed by atoms with van der Waals surface area (Å²) in [6.07, 6.45) is 6.43. The molecule has 2 amide bonds. The molecule has 0 bridgehead atoms. The molecule has 2 aromatic carbocycles. The monoisotopic (exact) mass is 484 g/mol. The highest BCUT2D eigenvalue weighted by Gasteiger charge is 2.49. The SMILES string of the molecule is CCc1ccc(-c2cc3n(n2)CC(C)(C(=O)NC2CCCCC2)N(c2cccc(C)c2C)C3=O)cc1. The summed E-state index contributed by atoms with van der Waals surface area (Å²) in [5.74, 6) is -0.307. The zero-order valence-corrected chi connectivity index (χ0v) is 21.8. The smallest absolute Gasteiger partial charge is 0.277 e. The van der Waals surface area contributed by atoms with Gasteiger partial charge in [-0.15, -0.1) is 0 Å². The first-order valence-corrected chi connectivity index (χ1v) is 13.2. The number of carbonyl (C=O) groups is 2. The van der Waals surface area contributed by atoms with Crippen LogP contribution in [0, 0.1) is 13.8 Å². The van der Waals surface area contributed by atoms with Crippen molar-refractivity contribution in [3.63, 3.8) is 0 Å². The number of aromatic nitrogens is 2. The van der Waals surface area contributed by atoms with Crippen LogP contribution in [0.1, 0.15) is 73.1 Å². The van der Waals surface area contributed by atoms with E-state index in [-0.39, 0.29) is 17.9 Å². The molecule has 1 N–H and O–H groups in total. The Morgan fingerprint density at radius 3 is 2.50 bits per heavy atom. The average Bonchev–Trinajstić information content (AvgIpc) is 3.31. The molecule has 2 aliphatic rings. The van der Waals surface area contributed by atoms with Gasteiger partial charge in [0.1, 0.15) is 11.2 Å². The first kappa shape index (κ1) is 24.3. The summed E-state index contributed by atoms with van der Waals surface area (Å²) in [7, 11) is 0. The Kier molecular flexibility index (Phi) is 6.45. The van der Waals surface area contributed by atoms with Crippen LogP contribution in [-0.4, -0.2) is 33.2 Å². The number of nitrogens with one attached hydrogen (secondary N) is 1.